The maximum atomic E-state index is 13.1. The minimum Gasteiger partial charge on any atom is -0.504 e. The van der Waals surface area contributed by atoms with Gasteiger partial charge in [-0.2, -0.15) is 8.42 Å². The van der Waals surface area contributed by atoms with E-state index in [9.17, 15) is 18.3 Å². The SMILES string of the molecule is CON=C1CCc2cc(OS(=O)(=O)c3ccc(C)cc3)c(OC)c(OC)c2-c2ccc(O)c(=O)cc21. The summed E-state index contributed by atoms with van der Waals surface area (Å²) in [5, 5.41) is 14.2. The molecule has 0 amide bonds. The fourth-order valence-corrected chi connectivity index (χ4v) is 5.07. The van der Waals surface area contributed by atoms with E-state index in [1.807, 2.05) is 6.92 Å². The molecular formula is C26H25NO8S. The minimum atomic E-state index is -4.18. The zero-order valence-electron chi connectivity index (χ0n) is 20.2. The Balaban J connectivity index is 1.97. The molecule has 0 aromatic heterocycles. The van der Waals surface area contributed by atoms with E-state index in [1.165, 1.54) is 45.6 Å². The first-order valence-corrected chi connectivity index (χ1v) is 12.4. The Morgan fingerprint density at radius 3 is 2.22 bits per heavy atom. The van der Waals surface area contributed by atoms with Gasteiger partial charge in [0.15, 0.2) is 17.2 Å². The van der Waals surface area contributed by atoms with E-state index in [4.69, 9.17) is 18.5 Å². The van der Waals surface area contributed by atoms with Crippen molar-refractivity contribution < 1.29 is 32.0 Å². The molecule has 1 N–H and O–H groups in total. The third-order valence-corrected chi connectivity index (χ3v) is 7.09. The second kappa shape index (κ2) is 9.90. The number of rotatable bonds is 6. The molecule has 0 radical (unpaired) electrons. The summed E-state index contributed by atoms with van der Waals surface area (Å²) in [6.07, 6.45) is 0.759. The smallest absolute Gasteiger partial charge is 0.339 e. The molecule has 0 saturated carbocycles. The maximum Gasteiger partial charge on any atom is 0.339 e. The van der Waals surface area contributed by atoms with Crippen LogP contribution < -0.4 is 19.1 Å². The Morgan fingerprint density at radius 2 is 1.58 bits per heavy atom. The number of fused-ring (bicyclic) bond motifs is 3. The number of methoxy groups -OCH3 is 2. The van der Waals surface area contributed by atoms with E-state index in [-0.39, 0.29) is 22.1 Å². The third-order valence-electron chi connectivity index (χ3n) is 5.84. The number of hydrogen-bond donors (Lipinski definition) is 1. The third kappa shape index (κ3) is 4.59. The summed E-state index contributed by atoms with van der Waals surface area (Å²) in [6, 6.07) is 12.0. The van der Waals surface area contributed by atoms with E-state index in [0.717, 1.165) is 5.56 Å². The molecule has 3 aromatic rings. The second-order valence-electron chi connectivity index (χ2n) is 8.10. The van der Waals surface area contributed by atoms with Gasteiger partial charge in [-0.25, -0.2) is 0 Å². The van der Waals surface area contributed by atoms with Crippen LogP contribution in [0.1, 0.15) is 23.1 Å². The Kier molecular flexibility index (Phi) is 6.89. The van der Waals surface area contributed by atoms with Crippen molar-refractivity contribution in [1.29, 1.82) is 0 Å². The van der Waals surface area contributed by atoms with Crippen LogP contribution in [0.25, 0.3) is 11.1 Å². The normalized spacial score (nSPS) is 13.8. The van der Waals surface area contributed by atoms with Crippen LogP contribution in [0.5, 0.6) is 23.0 Å². The lowest BCUT2D eigenvalue weighted by molar-refractivity contribution is 0.213. The molecule has 0 saturated heterocycles. The van der Waals surface area contributed by atoms with Crippen molar-refractivity contribution in [3.05, 3.63) is 75.4 Å². The standard InChI is InChI=1S/C26H25NO8S/c1-15-5-8-17(9-6-15)36(30,31)35-23-13-16-7-11-20(27-34-4)19-14-22(29)21(28)12-10-18(19)24(16)26(33-3)25(23)32-2/h5-6,8-10,12-14H,7,11H2,1-4H3,(H,28,29). The molecule has 36 heavy (non-hydrogen) atoms. The summed E-state index contributed by atoms with van der Waals surface area (Å²) in [7, 11) is 0.0124. The number of benzene rings is 2. The Morgan fingerprint density at radius 1 is 0.889 bits per heavy atom. The van der Waals surface area contributed by atoms with Crippen LogP contribution in [-0.4, -0.2) is 40.6 Å². The van der Waals surface area contributed by atoms with Crippen LogP contribution >= 0.6 is 0 Å². The number of hydrogen-bond acceptors (Lipinski definition) is 9. The number of nitrogens with zero attached hydrogens (tertiary/aromatic N) is 1. The molecular weight excluding hydrogens is 486 g/mol. The molecule has 4 rings (SSSR count). The van der Waals surface area contributed by atoms with Crippen LogP contribution in [0.4, 0.5) is 0 Å². The van der Waals surface area contributed by atoms with Crippen molar-refractivity contribution in [2.24, 2.45) is 5.16 Å². The van der Waals surface area contributed by atoms with Crippen molar-refractivity contribution in [3.8, 4) is 34.1 Å². The largest absolute Gasteiger partial charge is 0.504 e. The van der Waals surface area contributed by atoms with Crippen molar-refractivity contribution in [2.45, 2.75) is 24.7 Å². The van der Waals surface area contributed by atoms with E-state index >= 15 is 0 Å². The average molecular weight is 512 g/mol. The first-order chi connectivity index (χ1) is 17.2. The lowest BCUT2D eigenvalue weighted by Crippen LogP contribution is -2.11. The van der Waals surface area contributed by atoms with Crippen molar-refractivity contribution in [3.63, 3.8) is 0 Å². The number of aromatic hydroxyl groups is 1. The Bertz CT molecular complexity index is 1510. The lowest BCUT2D eigenvalue weighted by Gasteiger charge is -2.19. The molecule has 9 nitrogen and oxygen atoms in total. The summed E-state index contributed by atoms with van der Waals surface area (Å²) in [4.78, 5) is 17.4. The van der Waals surface area contributed by atoms with E-state index in [0.29, 0.717) is 40.8 Å². The van der Waals surface area contributed by atoms with E-state index in [1.54, 1.807) is 24.3 Å². The summed E-state index contributed by atoms with van der Waals surface area (Å²) >= 11 is 0. The van der Waals surface area contributed by atoms with Gasteiger partial charge in [0.2, 0.25) is 11.2 Å². The van der Waals surface area contributed by atoms with Crippen LogP contribution in [0.3, 0.4) is 0 Å². The van der Waals surface area contributed by atoms with Gasteiger partial charge in [0, 0.05) is 11.1 Å². The van der Waals surface area contributed by atoms with E-state index in [2.05, 4.69) is 5.16 Å². The first kappa shape index (κ1) is 25.1. The topological polar surface area (TPSA) is 121 Å². The van der Waals surface area contributed by atoms with Crippen LogP contribution in [0, 0.1) is 6.92 Å². The van der Waals surface area contributed by atoms with Gasteiger partial charge < -0.3 is 23.6 Å². The first-order valence-electron chi connectivity index (χ1n) is 11.0. The molecule has 0 bridgehead atoms. The molecule has 0 atom stereocenters. The average Bonchev–Trinajstić information content (AvgIpc) is 3.08. The molecule has 0 unspecified atom stereocenters. The quantitative estimate of drug-likeness (QED) is 0.392. The lowest BCUT2D eigenvalue weighted by atomic mass is 9.96. The highest BCUT2D eigenvalue weighted by Crippen LogP contribution is 2.49. The molecule has 1 aliphatic carbocycles. The zero-order valence-corrected chi connectivity index (χ0v) is 21.0. The zero-order chi connectivity index (χ0) is 26.0. The number of ether oxygens (including phenoxy) is 2. The van der Waals surface area contributed by atoms with Crippen LogP contribution in [0.15, 0.2) is 63.4 Å². The van der Waals surface area contributed by atoms with Gasteiger partial charge in [-0.15, -0.1) is 0 Å². The monoisotopic (exact) mass is 511 g/mol. The van der Waals surface area contributed by atoms with Gasteiger partial charge >= 0.3 is 10.1 Å². The van der Waals surface area contributed by atoms with Gasteiger partial charge in [0.25, 0.3) is 0 Å². The highest BCUT2D eigenvalue weighted by molar-refractivity contribution is 7.87. The molecule has 0 aliphatic heterocycles. The number of oxime groups is 1. The summed E-state index contributed by atoms with van der Waals surface area (Å²) < 4.78 is 42.9. The van der Waals surface area contributed by atoms with E-state index < -0.39 is 21.3 Å². The fourth-order valence-electron chi connectivity index (χ4n) is 4.15. The van der Waals surface area contributed by atoms with Crippen molar-refractivity contribution >= 4 is 15.8 Å². The Hall–Kier alpha value is -4.05. The molecule has 0 heterocycles. The maximum absolute atomic E-state index is 13.1. The van der Waals surface area contributed by atoms with Crippen molar-refractivity contribution in [1.82, 2.24) is 0 Å². The molecule has 3 aromatic carbocycles. The molecule has 10 heteroatoms. The minimum absolute atomic E-state index is 0.00519. The van der Waals surface area contributed by atoms with Crippen molar-refractivity contribution in [2.75, 3.05) is 21.3 Å². The van der Waals surface area contributed by atoms with Crippen LogP contribution in [0.2, 0.25) is 0 Å². The highest BCUT2D eigenvalue weighted by atomic mass is 32.2. The summed E-state index contributed by atoms with van der Waals surface area (Å²) in [5.41, 5.74) is 3.00. The summed E-state index contributed by atoms with van der Waals surface area (Å²) in [6.45, 7) is 1.85. The highest BCUT2D eigenvalue weighted by Gasteiger charge is 2.30. The number of aryl methyl sites for hydroxylation is 2. The fraction of sp³-hybridized carbons (Fsp3) is 0.231. The van der Waals surface area contributed by atoms with Gasteiger partial charge in [-0.05, 0) is 67.3 Å². The predicted octanol–water partition coefficient (Wildman–Crippen LogP) is 3.81. The molecule has 0 fully saturated rings. The predicted molar refractivity (Wildman–Crippen MR) is 134 cm³/mol. The van der Waals surface area contributed by atoms with Gasteiger partial charge in [0.1, 0.15) is 12.0 Å². The van der Waals surface area contributed by atoms with Crippen LogP contribution in [-0.2, 0) is 21.4 Å². The molecule has 188 valence electrons. The second-order valence-corrected chi connectivity index (χ2v) is 9.65. The molecule has 1 aliphatic rings. The van der Waals surface area contributed by atoms with Gasteiger partial charge in [-0.3, -0.25) is 4.79 Å². The van der Waals surface area contributed by atoms with Gasteiger partial charge in [-0.1, -0.05) is 22.9 Å². The molecule has 0 spiro atoms. The Labute approximate surface area is 208 Å². The van der Waals surface area contributed by atoms with Gasteiger partial charge in [0.05, 0.1) is 19.9 Å². The summed E-state index contributed by atoms with van der Waals surface area (Å²) in [5.74, 6) is -0.211.